The van der Waals surface area contributed by atoms with E-state index in [1.165, 1.54) is 11.3 Å². The van der Waals surface area contributed by atoms with Crippen molar-refractivity contribution in [3.63, 3.8) is 0 Å². The molecule has 41 heavy (non-hydrogen) atoms. The third-order valence-corrected chi connectivity index (χ3v) is 8.14. The minimum absolute atomic E-state index is 0.293. The first-order valence-electron chi connectivity index (χ1n) is 14.1. The molecule has 0 aliphatic carbocycles. The Morgan fingerprint density at radius 3 is 2.54 bits per heavy atom. The quantitative estimate of drug-likeness (QED) is 0.220. The van der Waals surface area contributed by atoms with Crippen LogP contribution in [0.15, 0.2) is 79.0 Å². The van der Waals surface area contributed by atoms with Crippen LogP contribution in [-0.2, 0) is 0 Å². The molecule has 0 saturated carbocycles. The van der Waals surface area contributed by atoms with Gasteiger partial charge in [-0.15, -0.1) is 0 Å². The number of rotatable bonds is 8. The van der Waals surface area contributed by atoms with Crippen molar-refractivity contribution < 1.29 is 4.79 Å². The number of hydrogen-bond donors (Lipinski definition) is 2. The summed E-state index contributed by atoms with van der Waals surface area (Å²) in [6, 6.07) is 23.3. The Hall–Kier alpha value is -4.21. The van der Waals surface area contributed by atoms with E-state index >= 15 is 0 Å². The van der Waals surface area contributed by atoms with Crippen molar-refractivity contribution in [3.8, 4) is 22.0 Å². The summed E-state index contributed by atoms with van der Waals surface area (Å²) in [4.78, 5) is 35.7. The molecule has 1 fully saturated rings. The van der Waals surface area contributed by atoms with Crippen LogP contribution >= 0.6 is 11.3 Å². The van der Waals surface area contributed by atoms with Gasteiger partial charge in [-0.05, 0) is 43.0 Å². The normalized spacial score (nSPS) is 14.4. The molecule has 6 rings (SSSR count). The number of pyridine rings is 1. The Balaban J connectivity index is 1.26. The lowest BCUT2D eigenvalue weighted by atomic mass is 10.0. The molecule has 0 bridgehead atoms. The van der Waals surface area contributed by atoms with Gasteiger partial charge in [-0.3, -0.25) is 4.79 Å². The number of carbonyl (C=O) groups excluding carboxylic acids is 1. The average Bonchev–Trinajstić information content (AvgIpc) is 3.43. The highest BCUT2D eigenvalue weighted by atomic mass is 32.1. The summed E-state index contributed by atoms with van der Waals surface area (Å²) in [5, 5.41) is 7.49. The highest BCUT2D eigenvalue weighted by Gasteiger charge is 2.22. The zero-order chi connectivity index (χ0) is 28.2. The fourth-order valence-corrected chi connectivity index (χ4v) is 6.14. The zero-order valence-corrected chi connectivity index (χ0v) is 24.1. The molecule has 0 radical (unpaired) electrons. The molecule has 5 aromatic rings. The number of thiazole rings is 1. The molecule has 0 spiro atoms. The maximum absolute atomic E-state index is 13.7. The number of piperidine rings is 1. The maximum atomic E-state index is 13.7. The first-order valence-corrected chi connectivity index (χ1v) is 14.9. The Morgan fingerprint density at radius 2 is 1.76 bits per heavy atom. The average molecular weight is 564 g/mol. The maximum Gasteiger partial charge on any atom is 0.274 e. The Bertz CT molecular complexity index is 1610. The third-order valence-electron chi connectivity index (χ3n) is 7.13. The number of para-hydroxylation sites is 1. The van der Waals surface area contributed by atoms with Crippen molar-refractivity contribution >= 4 is 39.1 Å². The number of carbonyl (C=O) groups is 1. The lowest BCUT2D eigenvalue weighted by Gasteiger charge is -2.33. The fourth-order valence-electron chi connectivity index (χ4n) is 5.19. The second kappa shape index (κ2) is 12.1. The number of amides is 1. The van der Waals surface area contributed by atoms with Crippen molar-refractivity contribution in [1.82, 2.24) is 24.8 Å². The van der Waals surface area contributed by atoms with Gasteiger partial charge in [-0.1, -0.05) is 67.6 Å². The van der Waals surface area contributed by atoms with Crippen LogP contribution in [0.2, 0.25) is 0 Å². The van der Waals surface area contributed by atoms with Gasteiger partial charge in [0, 0.05) is 49.1 Å². The monoisotopic (exact) mass is 563 g/mol. The molecule has 1 aliphatic rings. The molecule has 208 valence electrons. The number of nitrogens with one attached hydrogen (secondary N) is 2. The van der Waals surface area contributed by atoms with E-state index in [0.717, 1.165) is 59.0 Å². The van der Waals surface area contributed by atoms with Crippen LogP contribution in [0.25, 0.3) is 32.3 Å². The molecule has 2 N–H and O–H groups in total. The van der Waals surface area contributed by atoms with E-state index in [0.29, 0.717) is 35.0 Å². The standard InChI is InChI=1S/C32H33N7OS/c1-21(2)20-39-17-14-23(15-18-39)34-28-19-27(35-29(38-28)22-9-4-3-5-10-22)30(40)36-25-12-7-6-11-24(25)31-37-26-13-8-16-33-32(26)41-31/h3-13,16,19,21,23H,14-15,17-18,20H2,1-2H3,(H,36,40)(H,34,35,38). The van der Waals surface area contributed by atoms with Gasteiger partial charge in [0.15, 0.2) is 5.82 Å². The first kappa shape index (κ1) is 27.0. The SMILES string of the molecule is CC(C)CN1CCC(Nc2cc(C(=O)Nc3ccccc3-c3nc4cccnc4s3)nc(-c3ccccc3)n2)CC1. The first-order chi connectivity index (χ1) is 20.0. The predicted octanol–water partition coefficient (Wildman–Crippen LogP) is 6.60. The van der Waals surface area contributed by atoms with Gasteiger partial charge in [0.05, 0.1) is 5.69 Å². The van der Waals surface area contributed by atoms with Crippen LogP contribution in [0.4, 0.5) is 11.5 Å². The summed E-state index contributed by atoms with van der Waals surface area (Å²) < 4.78 is 0. The van der Waals surface area contributed by atoms with Gasteiger partial charge in [-0.2, -0.15) is 0 Å². The largest absolute Gasteiger partial charge is 0.367 e. The van der Waals surface area contributed by atoms with Crippen molar-refractivity contribution in [3.05, 3.63) is 84.7 Å². The molecule has 3 aromatic heterocycles. The second-order valence-corrected chi connectivity index (χ2v) is 11.8. The summed E-state index contributed by atoms with van der Waals surface area (Å²) >= 11 is 1.50. The Kier molecular flexibility index (Phi) is 7.98. The zero-order valence-electron chi connectivity index (χ0n) is 23.2. The Morgan fingerprint density at radius 1 is 0.976 bits per heavy atom. The van der Waals surface area contributed by atoms with Crippen LogP contribution in [0.1, 0.15) is 37.2 Å². The van der Waals surface area contributed by atoms with Gasteiger partial charge < -0.3 is 15.5 Å². The van der Waals surface area contributed by atoms with Crippen LogP contribution < -0.4 is 10.6 Å². The number of anilines is 2. The molecule has 0 unspecified atom stereocenters. The van der Waals surface area contributed by atoms with E-state index < -0.39 is 0 Å². The minimum Gasteiger partial charge on any atom is -0.367 e. The lowest BCUT2D eigenvalue weighted by Crippen LogP contribution is -2.40. The number of aromatic nitrogens is 4. The van der Waals surface area contributed by atoms with Crippen molar-refractivity contribution in [2.45, 2.75) is 32.7 Å². The van der Waals surface area contributed by atoms with Gasteiger partial charge in [-0.25, -0.2) is 19.9 Å². The molecule has 2 aromatic carbocycles. The molecule has 9 heteroatoms. The Labute approximate surface area is 243 Å². The van der Waals surface area contributed by atoms with E-state index in [2.05, 4.69) is 39.3 Å². The molecule has 0 atom stereocenters. The molecule has 1 saturated heterocycles. The number of hydrogen-bond acceptors (Lipinski definition) is 8. The van der Waals surface area contributed by atoms with E-state index in [-0.39, 0.29) is 5.91 Å². The molecule has 1 aliphatic heterocycles. The molecule has 4 heterocycles. The van der Waals surface area contributed by atoms with Gasteiger partial charge >= 0.3 is 0 Å². The number of likely N-dealkylation sites (tertiary alicyclic amines) is 1. The van der Waals surface area contributed by atoms with Crippen molar-refractivity contribution in [2.75, 3.05) is 30.3 Å². The summed E-state index contributed by atoms with van der Waals surface area (Å²) in [5.74, 6) is 1.54. The predicted molar refractivity (Wildman–Crippen MR) is 166 cm³/mol. The molecule has 8 nitrogen and oxygen atoms in total. The molecule has 1 amide bonds. The van der Waals surface area contributed by atoms with Crippen LogP contribution in [0.3, 0.4) is 0 Å². The second-order valence-electron chi connectivity index (χ2n) is 10.8. The summed E-state index contributed by atoms with van der Waals surface area (Å²) in [6.07, 6.45) is 3.82. The van der Waals surface area contributed by atoms with Gasteiger partial charge in [0.25, 0.3) is 5.91 Å². The highest BCUT2D eigenvalue weighted by Crippen LogP contribution is 2.34. The number of fused-ring (bicyclic) bond motifs is 1. The highest BCUT2D eigenvalue weighted by molar-refractivity contribution is 7.21. The third kappa shape index (κ3) is 6.42. The minimum atomic E-state index is -0.300. The molecular weight excluding hydrogens is 530 g/mol. The summed E-state index contributed by atoms with van der Waals surface area (Å²) in [7, 11) is 0. The van der Waals surface area contributed by atoms with Crippen LogP contribution in [-0.4, -0.2) is 56.4 Å². The molecular formula is C32H33N7OS. The topological polar surface area (TPSA) is 95.9 Å². The van der Waals surface area contributed by atoms with E-state index in [1.807, 2.05) is 66.7 Å². The van der Waals surface area contributed by atoms with Crippen LogP contribution in [0, 0.1) is 5.92 Å². The summed E-state index contributed by atoms with van der Waals surface area (Å²) in [6.45, 7) is 7.75. The van der Waals surface area contributed by atoms with Crippen molar-refractivity contribution in [2.24, 2.45) is 5.92 Å². The number of nitrogens with zero attached hydrogens (tertiary/aromatic N) is 5. The van der Waals surface area contributed by atoms with Crippen LogP contribution in [0.5, 0.6) is 0 Å². The van der Waals surface area contributed by atoms with Crippen molar-refractivity contribution in [1.29, 1.82) is 0 Å². The van der Waals surface area contributed by atoms with Gasteiger partial charge in [0.1, 0.15) is 26.9 Å². The smallest absolute Gasteiger partial charge is 0.274 e. The van der Waals surface area contributed by atoms with Gasteiger partial charge in [0.2, 0.25) is 0 Å². The summed E-state index contributed by atoms with van der Waals surface area (Å²) in [5.41, 5.74) is 3.51. The van der Waals surface area contributed by atoms with E-state index in [4.69, 9.17) is 9.97 Å². The van der Waals surface area contributed by atoms with E-state index in [9.17, 15) is 4.79 Å². The fraction of sp³-hybridized carbons (Fsp3) is 0.281. The van der Waals surface area contributed by atoms with E-state index in [1.54, 1.807) is 12.3 Å². The lowest BCUT2D eigenvalue weighted by molar-refractivity contribution is 0.102. The number of benzene rings is 2.